The Morgan fingerprint density at radius 2 is 1.78 bits per heavy atom. The van der Waals surface area contributed by atoms with Crippen molar-refractivity contribution in [2.75, 3.05) is 13.7 Å². The summed E-state index contributed by atoms with van der Waals surface area (Å²) in [5, 5.41) is 42.5. The van der Waals surface area contributed by atoms with E-state index in [0.717, 1.165) is 5.56 Å². The van der Waals surface area contributed by atoms with Crippen LogP contribution < -0.4 is 5.32 Å². The molecule has 0 saturated carbocycles. The zero-order valence-electron chi connectivity index (χ0n) is 14.8. The lowest BCUT2D eigenvalue weighted by Gasteiger charge is -2.40. The number of amides is 1. The second-order valence-electron chi connectivity index (χ2n) is 6.50. The molecule has 1 aliphatic heterocycles. The van der Waals surface area contributed by atoms with Crippen molar-refractivity contribution < 1.29 is 30.0 Å². The molecular weight excluding hydrogens is 350 g/mol. The molecule has 144 valence electrons. The van der Waals surface area contributed by atoms with Gasteiger partial charge in [0.2, 0.25) is 0 Å². The highest BCUT2D eigenvalue weighted by atomic mass is 16.5. The van der Waals surface area contributed by atoms with Crippen molar-refractivity contribution >= 4 is 5.91 Å². The number of rotatable bonds is 4. The van der Waals surface area contributed by atoms with E-state index in [9.17, 15) is 25.2 Å². The molecule has 0 bridgehead atoms. The Balaban J connectivity index is 2.03. The average Bonchev–Trinajstić information content (AvgIpc) is 2.72. The second kappa shape index (κ2) is 8.16. The monoisotopic (exact) mass is 373 g/mol. The van der Waals surface area contributed by atoms with Gasteiger partial charge in [0, 0.05) is 12.6 Å². The second-order valence-corrected chi connectivity index (χ2v) is 6.50. The van der Waals surface area contributed by atoms with E-state index >= 15 is 0 Å². The molecule has 1 fully saturated rings. The molecule has 1 saturated heterocycles. The first-order valence-electron chi connectivity index (χ1n) is 8.70. The van der Waals surface area contributed by atoms with Crippen LogP contribution in [0.15, 0.2) is 48.5 Å². The number of aliphatic hydroxyl groups is 4. The zero-order chi connectivity index (χ0) is 19.6. The van der Waals surface area contributed by atoms with Crippen molar-refractivity contribution in [3.8, 4) is 11.1 Å². The maximum atomic E-state index is 11.9. The van der Waals surface area contributed by atoms with Gasteiger partial charge in [-0.15, -0.1) is 0 Å². The fraction of sp³-hybridized carbons (Fsp3) is 0.350. The van der Waals surface area contributed by atoms with Gasteiger partial charge in [-0.3, -0.25) is 4.79 Å². The summed E-state index contributed by atoms with van der Waals surface area (Å²) in [7, 11) is 1.55. The third kappa shape index (κ3) is 3.73. The fourth-order valence-electron chi connectivity index (χ4n) is 3.34. The highest BCUT2D eigenvalue weighted by Crippen LogP contribution is 2.37. The topological polar surface area (TPSA) is 119 Å². The van der Waals surface area contributed by atoms with Gasteiger partial charge >= 0.3 is 0 Å². The first-order valence-corrected chi connectivity index (χ1v) is 8.70. The third-order valence-corrected chi connectivity index (χ3v) is 4.82. The number of nitrogens with one attached hydrogen (secondary N) is 1. The van der Waals surface area contributed by atoms with Crippen molar-refractivity contribution in [1.82, 2.24) is 5.32 Å². The van der Waals surface area contributed by atoms with E-state index in [1.165, 1.54) is 0 Å². The van der Waals surface area contributed by atoms with Gasteiger partial charge in [-0.2, -0.15) is 0 Å². The van der Waals surface area contributed by atoms with Gasteiger partial charge in [-0.05, 0) is 28.8 Å². The summed E-state index contributed by atoms with van der Waals surface area (Å²) in [6, 6.07) is 14.1. The molecule has 1 aliphatic rings. The van der Waals surface area contributed by atoms with Crippen LogP contribution in [0.1, 0.15) is 22.0 Å². The molecule has 7 heteroatoms. The van der Waals surface area contributed by atoms with E-state index in [1.807, 2.05) is 18.2 Å². The van der Waals surface area contributed by atoms with Crippen molar-refractivity contribution in [3.05, 3.63) is 59.7 Å². The Morgan fingerprint density at radius 3 is 2.48 bits per heavy atom. The van der Waals surface area contributed by atoms with Gasteiger partial charge in [-0.25, -0.2) is 0 Å². The Kier molecular flexibility index (Phi) is 5.88. The van der Waals surface area contributed by atoms with Crippen LogP contribution in [0.2, 0.25) is 0 Å². The summed E-state index contributed by atoms with van der Waals surface area (Å²) >= 11 is 0. The lowest BCUT2D eigenvalue weighted by Crippen LogP contribution is -2.55. The predicted octanol–water partition coefficient (Wildman–Crippen LogP) is 0.228. The molecule has 3 rings (SSSR count). The molecule has 0 aliphatic carbocycles. The Hall–Kier alpha value is -2.29. The Bertz CT molecular complexity index is 809. The molecule has 0 aromatic heterocycles. The number of carbonyl (C=O) groups is 1. The summed E-state index contributed by atoms with van der Waals surface area (Å²) in [5.41, 5.74) is 2.53. The van der Waals surface area contributed by atoms with Crippen LogP contribution in [-0.4, -0.2) is 64.4 Å². The minimum atomic E-state index is -1.45. The van der Waals surface area contributed by atoms with Crippen LogP contribution in [0, 0.1) is 0 Å². The van der Waals surface area contributed by atoms with Crippen LogP contribution in [-0.2, 0) is 4.74 Å². The van der Waals surface area contributed by atoms with Crippen molar-refractivity contribution in [3.63, 3.8) is 0 Å². The van der Waals surface area contributed by atoms with Gasteiger partial charge < -0.3 is 30.5 Å². The quantitative estimate of drug-likeness (QED) is 0.523. The van der Waals surface area contributed by atoms with E-state index in [4.69, 9.17) is 4.74 Å². The summed E-state index contributed by atoms with van der Waals surface area (Å²) in [5.74, 6) is -0.220. The average molecular weight is 373 g/mol. The van der Waals surface area contributed by atoms with Crippen molar-refractivity contribution in [2.24, 2.45) is 0 Å². The van der Waals surface area contributed by atoms with Crippen molar-refractivity contribution in [2.45, 2.75) is 30.5 Å². The normalized spacial score (nSPS) is 28.0. The van der Waals surface area contributed by atoms with Crippen LogP contribution in [0.25, 0.3) is 11.1 Å². The summed E-state index contributed by atoms with van der Waals surface area (Å²) in [6.07, 6.45) is -6.17. The molecule has 5 unspecified atom stereocenters. The lowest BCUT2D eigenvalue weighted by molar-refractivity contribution is -0.231. The Morgan fingerprint density at radius 1 is 1.04 bits per heavy atom. The number of carbonyl (C=O) groups excluding carboxylic acids is 1. The summed E-state index contributed by atoms with van der Waals surface area (Å²) in [6.45, 7) is -0.490. The van der Waals surface area contributed by atoms with Crippen molar-refractivity contribution in [1.29, 1.82) is 0 Å². The van der Waals surface area contributed by atoms with Crippen LogP contribution in [0.3, 0.4) is 0 Å². The Labute approximate surface area is 156 Å². The first kappa shape index (κ1) is 19.5. The number of ether oxygens (including phenoxy) is 1. The molecule has 2 aromatic carbocycles. The molecule has 0 radical (unpaired) electrons. The number of benzene rings is 2. The largest absolute Gasteiger partial charge is 0.394 e. The molecule has 0 spiro atoms. The van der Waals surface area contributed by atoms with Gasteiger partial charge in [0.1, 0.15) is 30.5 Å². The molecule has 27 heavy (non-hydrogen) atoms. The summed E-state index contributed by atoms with van der Waals surface area (Å²) < 4.78 is 5.69. The van der Waals surface area contributed by atoms with Gasteiger partial charge in [-0.1, -0.05) is 36.4 Å². The molecule has 2 aromatic rings. The molecule has 1 amide bonds. The SMILES string of the molecule is CNC(=O)c1cccc(-c2ccccc2C2OC(CO)C(O)C(O)C2O)c1. The predicted molar refractivity (Wildman–Crippen MR) is 98.0 cm³/mol. The molecular formula is C20H23NO6. The van der Waals surface area contributed by atoms with Gasteiger partial charge in [0.05, 0.1) is 6.61 Å². The molecule has 1 heterocycles. The zero-order valence-corrected chi connectivity index (χ0v) is 14.8. The standard InChI is InChI=1S/C20H23NO6/c1-21-20(26)12-6-4-5-11(9-12)13-7-2-3-8-14(13)19-18(25)17(24)16(23)15(10-22)27-19/h2-9,15-19,22-25H,10H2,1H3,(H,21,26). The maximum Gasteiger partial charge on any atom is 0.251 e. The highest BCUT2D eigenvalue weighted by molar-refractivity contribution is 5.95. The minimum absolute atomic E-state index is 0.220. The third-order valence-electron chi connectivity index (χ3n) is 4.82. The van der Waals surface area contributed by atoms with E-state index in [2.05, 4.69) is 5.32 Å². The highest BCUT2D eigenvalue weighted by Gasteiger charge is 2.44. The molecule has 7 nitrogen and oxygen atoms in total. The first-order chi connectivity index (χ1) is 13.0. The van der Waals surface area contributed by atoms with Gasteiger partial charge in [0.25, 0.3) is 5.91 Å². The molecule has 5 N–H and O–H groups in total. The number of hydrogen-bond donors (Lipinski definition) is 5. The van der Waals surface area contributed by atoms with E-state index in [1.54, 1.807) is 37.4 Å². The smallest absolute Gasteiger partial charge is 0.251 e. The maximum absolute atomic E-state index is 11.9. The number of aliphatic hydroxyl groups excluding tert-OH is 4. The van der Waals surface area contributed by atoms with E-state index < -0.39 is 37.1 Å². The van der Waals surface area contributed by atoms with E-state index in [0.29, 0.717) is 16.7 Å². The lowest BCUT2D eigenvalue weighted by atomic mass is 9.87. The molecule has 5 atom stereocenters. The van der Waals surface area contributed by atoms with Gasteiger partial charge in [0.15, 0.2) is 0 Å². The fourth-order valence-corrected chi connectivity index (χ4v) is 3.34. The van der Waals surface area contributed by atoms with Crippen LogP contribution in [0.5, 0.6) is 0 Å². The summed E-state index contributed by atoms with van der Waals surface area (Å²) in [4.78, 5) is 11.9. The van der Waals surface area contributed by atoms with Crippen LogP contribution in [0.4, 0.5) is 0 Å². The van der Waals surface area contributed by atoms with Crippen LogP contribution >= 0.6 is 0 Å². The minimum Gasteiger partial charge on any atom is -0.394 e. The number of hydrogen-bond acceptors (Lipinski definition) is 6. The van der Waals surface area contributed by atoms with E-state index in [-0.39, 0.29) is 5.91 Å².